The molecule has 0 radical (unpaired) electrons. The monoisotopic (exact) mass is 374 g/mol. The van der Waals surface area contributed by atoms with Gasteiger partial charge in [-0.25, -0.2) is 0 Å². The fourth-order valence-electron chi connectivity index (χ4n) is 3.64. The first-order valence-corrected chi connectivity index (χ1v) is 9.63. The fraction of sp³-hybridized carbons (Fsp3) is 0.261. The number of aromatic nitrogens is 3. The van der Waals surface area contributed by atoms with Gasteiger partial charge in [-0.3, -0.25) is 4.68 Å². The Bertz CT molecular complexity index is 1010. The van der Waals surface area contributed by atoms with Gasteiger partial charge in [0, 0.05) is 36.9 Å². The van der Waals surface area contributed by atoms with Gasteiger partial charge in [0.1, 0.15) is 5.76 Å². The van der Waals surface area contributed by atoms with Crippen LogP contribution in [0.1, 0.15) is 33.8 Å². The Hall–Kier alpha value is -3.05. The molecule has 0 amide bonds. The second-order valence-corrected chi connectivity index (χ2v) is 7.14. The summed E-state index contributed by atoms with van der Waals surface area (Å²) in [7, 11) is 0. The lowest BCUT2D eigenvalue weighted by Crippen LogP contribution is -2.15. The van der Waals surface area contributed by atoms with Crippen LogP contribution in [0.5, 0.6) is 0 Å². The van der Waals surface area contributed by atoms with Crippen molar-refractivity contribution in [3.8, 4) is 0 Å². The molecule has 1 aromatic carbocycles. The van der Waals surface area contributed by atoms with Crippen molar-refractivity contribution in [3.63, 3.8) is 0 Å². The van der Waals surface area contributed by atoms with E-state index in [1.54, 1.807) is 6.26 Å². The van der Waals surface area contributed by atoms with Gasteiger partial charge in [-0.15, -0.1) is 0 Å². The van der Waals surface area contributed by atoms with E-state index >= 15 is 0 Å². The molecule has 0 fully saturated rings. The standard InChI is InChI=1S/C23H26N4O/c1-18-13-22(19(2)27(18)17-23-9-5-12-28-23)15-24-14-20-7-3-4-8-21(20)16-26-11-6-10-25-26/h3-13,24H,14-17H2,1-2H3. The molecule has 5 heteroatoms. The highest BCUT2D eigenvalue weighted by Crippen LogP contribution is 2.18. The molecule has 4 rings (SSSR count). The largest absolute Gasteiger partial charge is 0.467 e. The number of aryl methyl sites for hydroxylation is 1. The number of hydrogen-bond donors (Lipinski definition) is 1. The molecule has 0 atom stereocenters. The molecule has 0 aliphatic rings. The van der Waals surface area contributed by atoms with E-state index in [-0.39, 0.29) is 0 Å². The van der Waals surface area contributed by atoms with Crippen molar-refractivity contribution in [1.82, 2.24) is 19.7 Å². The molecule has 5 nitrogen and oxygen atoms in total. The molecule has 28 heavy (non-hydrogen) atoms. The molecule has 3 heterocycles. The van der Waals surface area contributed by atoms with Crippen LogP contribution in [0.15, 0.2) is 71.6 Å². The van der Waals surface area contributed by atoms with Gasteiger partial charge in [-0.1, -0.05) is 24.3 Å². The molecule has 0 aliphatic heterocycles. The summed E-state index contributed by atoms with van der Waals surface area (Å²) in [6.07, 6.45) is 5.55. The van der Waals surface area contributed by atoms with E-state index < -0.39 is 0 Å². The number of rotatable bonds is 8. The topological polar surface area (TPSA) is 47.9 Å². The van der Waals surface area contributed by atoms with Crippen LogP contribution in [0.25, 0.3) is 0 Å². The molecule has 0 aliphatic carbocycles. The van der Waals surface area contributed by atoms with Crippen molar-refractivity contribution in [2.24, 2.45) is 0 Å². The van der Waals surface area contributed by atoms with Crippen LogP contribution in [0, 0.1) is 13.8 Å². The normalized spacial score (nSPS) is 11.2. The van der Waals surface area contributed by atoms with Gasteiger partial charge in [0.05, 0.1) is 19.4 Å². The molecule has 0 unspecified atom stereocenters. The molecule has 0 bridgehead atoms. The van der Waals surface area contributed by atoms with Crippen molar-refractivity contribution in [2.75, 3.05) is 0 Å². The zero-order chi connectivity index (χ0) is 19.3. The smallest absolute Gasteiger partial charge is 0.123 e. The van der Waals surface area contributed by atoms with Crippen LogP contribution >= 0.6 is 0 Å². The molecule has 4 aromatic rings. The second kappa shape index (κ2) is 8.31. The van der Waals surface area contributed by atoms with E-state index in [4.69, 9.17) is 4.42 Å². The van der Waals surface area contributed by atoms with Crippen LogP contribution in [0.4, 0.5) is 0 Å². The van der Waals surface area contributed by atoms with Gasteiger partial charge < -0.3 is 14.3 Å². The van der Waals surface area contributed by atoms with Crippen LogP contribution < -0.4 is 5.32 Å². The van der Waals surface area contributed by atoms with Gasteiger partial charge in [0.2, 0.25) is 0 Å². The minimum Gasteiger partial charge on any atom is -0.467 e. The molecule has 1 N–H and O–H groups in total. The van der Waals surface area contributed by atoms with Gasteiger partial charge in [0.25, 0.3) is 0 Å². The van der Waals surface area contributed by atoms with Crippen LogP contribution in [0.3, 0.4) is 0 Å². The second-order valence-electron chi connectivity index (χ2n) is 7.14. The minimum absolute atomic E-state index is 0.775. The zero-order valence-corrected chi connectivity index (χ0v) is 16.4. The van der Waals surface area contributed by atoms with E-state index in [1.165, 1.54) is 28.1 Å². The minimum atomic E-state index is 0.775. The third-order valence-corrected chi connectivity index (χ3v) is 5.21. The van der Waals surface area contributed by atoms with Crippen LogP contribution in [-0.4, -0.2) is 14.3 Å². The molecule has 0 saturated heterocycles. The third kappa shape index (κ3) is 4.10. The van der Waals surface area contributed by atoms with E-state index in [2.05, 4.69) is 59.2 Å². The van der Waals surface area contributed by atoms with Gasteiger partial charge in [-0.05, 0) is 54.8 Å². The Morgan fingerprint density at radius 2 is 1.75 bits per heavy atom. The van der Waals surface area contributed by atoms with Gasteiger partial charge >= 0.3 is 0 Å². The maximum Gasteiger partial charge on any atom is 0.123 e. The quantitative estimate of drug-likeness (QED) is 0.501. The highest BCUT2D eigenvalue weighted by Gasteiger charge is 2.11. The van der Waals surface area contributed by atoms with Crippen molar-refractivity contribution in [2.45, 2.75) is 40.0 Å². The first-order valence-electron chi connectivity index (χ1n) is 9.63. The Balaban J connectivity index is 1.41. The molecular weight excluding hydrogens is 348 g/mol. The van der Waals surface area contributed by atoms with Crippen molar-refractivity contribution in [1.29, 1.82) is 0 Å². The van der Waals surface area contributed by atoms with E-state index in [1.807, 2.05) is 35.3 Å². The predicted molar refractivity (Wildman–Crippen MR) is 110 cm³/mol. The van der Waals surface area contributed by atoms with Crippen molar-refractivity contribution in [3.05, 3.63) is 101 Å². The Morgan fingerprint density at radius 1 is 0.929 bits per heavy atom. The summed E-state index contributed by atoms with van der Waals surface area (Å²) in [6.45, 7) is 7.57. The Morgan fingerprint density at radius 3 is 2.50 bits per heavy atom. The first kappa shape index (κ1) is 18.3. The van der Waals surface area contributed by atoms with E-state index in [0.29, 0.717) is 0 Å². The summed E-state index contributed by atoms with van der Waals surface area (Å²) in [5.74, 6) is 0.980. The summed E-state index contributed by atoms with van der Waals surface area (Å²) in [5.41, 5.74) is 6.47. The Labute approximate surface area is 165 Å². The van der Waals surface area contributed by atoms with E-state index in [0.717, 1.165) is 31.9 Å². The maximum absolute atomic E-state index is 5.51. The summed E-state index contributed by atoms with van der Waals surface area (Å²) in [4.78, 5) is 0. The summed E-state index contributed by atoms with van der Waals surface area (Å²) >= 11 is 0. The lowest BCUT2D eigenvalue weighted by atomic mass is 10.1. The number of hydrogen-bond acceptors (Lipinski definition) is 3. The van der Waals surface area contributed by atoms with E-state index in [9.17, 15) is 0 Å². The number of furan rings is 1. The third-order valence-electron chi connectivity index (χ3n) is 5.21. The summed E-state index contributed by atoms with van der Waals surface area (Å²) in [6, 6.07) is 16.7. The van der Waals surface area contributed by atoms with Crippen LogP contribution in [-0.2, 0) is 26.2 Å². The molecule has 144 valence electrons. The van der Waals surface area contributed by atoms with Gasteiger partial charge in [0.15, 0.2) is 0 Å². The summed E-state index contributed by atoms with van der Waals surface area (Å²) in [5, 5.41) is 7.93. The fourth-order valence-corrected chi connectivity index (χ4v) is 3.64. The molecule has 0 saturated carbocycles. The molecule has 3 aromatic heterocycles. The molecule has 0 spiro atoms. The molecular formula is C23H26N4O. The predicted octanol–water partition coefficient (Wildman–Crippen LogP) is 4.28. The SMILES string of the molecule is Cc1cc(CNCc2ccccc2Cn2cccn2)c(C)n1Cc1ccco1. The van der Waals surface area contributed by atoms with Crippen molar-refractivity contribution >= 4 is 0 Å². The lowest BCUT2D eigenvalue weighted by Gasteiger charge is -2.11. The number of benzene rings is 1. The highest BCUT2D eigenvalue weighted by atomic mass is 16.3. The van der Waals surface area contributed by atoms with Crippen molar-refractivity contribution < 1.29 is 4.42 Å². The lowest BCUT2D eigenvalue weighted by molar-refractivity contribution is 0.489. The first-order chi connectivity index (χ1) is 13.7. The average molecular weight is 374 g/mol. The average Bonchev–Trinajstić information content (AvgIpc) is 3.44. The summed E-state index contributed by atoms with van der Waals surface area (Å²) < 4.78 is 9.77. The number of nitrogens with one attached hydrogen (secondary N) is 1. The maximum atomic E-state index is 5.51. The highest BCUT2D eigenvalue weighted by molar-refractivity contribution is 5.29. The van der Waals surface area contributed by atoms with Gasteiger partial charge in [-0.2, -0.15) is 5.10 Å². The zero-order valence-electron chi connectivity index (χ0n) is 16.4. The Kier molecular flexibility index (Phi) is 5.44. The number of nitrogens with zero attached hydrogens (tertiary/aromatic N) is 3. The van der Waals surface area contributed by atoms with Crippen LogP contribution in [0.2, 0.25) is 0 Å².